The first-order chi connectivity index (χ1) is 21.3. The van der Waals surface area contributed by atoms with Crippen molar-refractivity contribution in [3.8, 4) is 0 Å². The van der Waals surface area contributed by atoms with Gasteiger partial charge in [0.1, 0.15) is 0 Å². The van der Waals surface area contributed by atoms with Crippen LogP contribution in [0, 0.1) is 63.2 Å². The first kappa shape index (κ1) is 33.6. The van der Waals surface area contributed by atoms with Crippen molar-refractivity contribution in [2.45, 2.75) is 13.1 Å². The van der Waals surface area contributed by atoms with Gasteiger partial charge in [0.2, 0.25) is 0 Å². The van der Waals surface area contributed by atoms with E-state index in [0.717, 1.165) is 11.8 Å². The minimum Gasteiger partial charge on any atom is -0.299 e. The Morgan fingerprint density at radius 2 is 0.822 bits per heavy atom. The molecule has 2 saturated carbocycles. The van der Waals surface area contributed by atoms with Crippen LogP contribution < -0.4 is 22.5 Å². The summed E-state index contributed by atoms with van der Waals surface area (Å²) in [5.74, 6) is 0.624. The third-order valence-corrected chi connectivity index (χ3v) is 6.73. The molecule has 0 amide bonds. The SMILES string of the molecule is O=C(c1ccccc1)n1c(=O)ccn(C[C]2[CH][CH][CH][CH]2)c1=O.O=C(c1ccccc1)n1c(=O)ccn(C[C]2[CH][CH][CH][CH]2)c1=O.[Fe+2]. The predicted molar refractivity (Wildman–Crippen MR) is 163 cm³/mol. The van der Waals surface area contributed by atoms with Crippen LogP contribution in [0.1, 0.15) is 20.7 Å². The zero-order chi connectivity index (χ0) is 31.1. The normalized spacial score (nSPS) is 14.8. The Bertz CT molecular complexity index is 1710. The summed E-state index contributed by atoms with van der Waals surface area (Å²) in [5.41, 5.74) is -1.93. The second kappa shape index (κ2) is 15.6. The van der Waals surface area contributed by atoms with Crippen LogP contribution in [0.15, 0.2) is 104 Å². The van der Waals surface area contributed by atoms with Crippen molar-refractivity contribution in [2.75, 3.05) is 0 Å². The average molecular weight is 642 g/mol. The summed E-state index contributed by atoms with van der Waals surface area (Å²) in [4.78, 5) is 73.5. The predicted octanol–water partition coefficient (Wildman–Crippen LogP) is 2.21. The van der Waals surface area contributed by atoms with Gasteiger partial charge < -0.3 is 0 Å². The van der Waals surface area contributed by atoms with Crippen LogP contribution in [-0.4, -0.2) is 30.1 Å². The molecule has 2 aliphatic rings. The number of hydrogen-bond acceptors (Lipinski definition) is 6. The summed E-state index contributed by atoms with van der Waals surface area (Å²) in [6.07, 6.45) is 17.8. The molecule has 0 N–H and O–H groups in total. The first-order valence-corrected chi connectivity index (χ1v) is 13.6. The fraction of sp³-hybridized carbons (Fsp3) is 0.0588. The fourth-order valence-corrected chi connectivity index (χ4v) is 4.50. The quantitative estimate of drug-likeness (QED) is 0.298. The Kier molecular flexibility index (Phi) is 11.6. The Labute approximate surface area is 270 Å². The largest absolute Gasteiger partial charge is 2.00 e. The molecule has 2 fully saturated rings. The fourth-order valence-electron chi connectivity index (χ4n) is 4.50. The number of aromatic nitrogens is 4. The second-order valence-electron chi connectivity index (χ2n) is 9.73. The van der Waals surface area contributed by atoms with Crippen molar-refractivity contribution in [3.63, 3.8) is 0 Å². The maximum absolute atomic E-state index is 12.4. The van der Waals surface area contributed by atoms with Crippen LogP contribution in [0.5, 0.6) is 0 Å². The molecule has 0 atom stereocenters. The Balaban J connectivity index is 0.000000200. The van der Waals surface area contributed by atoms with E-state index in [-0.39, 0.29) is 17.1 Å². The van der Waals surface area contributed by atoms with Crippen LogP contribution in [0.25, 0.3) is 0 Å². The van der Waals surface area contributed by atoms with Gasteiger partial charge in [-0.2, -0.15) is 9.13 Å². The number of rotatable bonds is 6. The molecule has 0 saturated heterocycles. The van der Waals surface area contributed by atoms with E-state index in [9.17, 15) is 28.8 Å². The molecule has 224 valence electrons. The maximum Gasteiger partial charge on any atom is 2.00 e. The van der Waals surface area contributed by atoms with Crippen LogP contribution >= 0.6 is 0 Å². The molecule has 0 unspecified atom stereocenters. The van der Waals surface area contributed by atoms with Gasteiger partial charge in [-0.3, -0.25) is 28.3 Å². The van der Waals surface area contributed by atoms with Gasteiger partial charge in [0.25, 0.3) is 22.9 Å². The standard InChI is InChI=1S/2C17H13N2O3.Fe/c2*20-15-10-11-18(12-13-6-4-5-7-13)17(22)19(15)16(21)14-8-2-1-3-9-14;/h2*1-11H,12H2;/q;;+2. The molecule has 2 aromatic carbocycles. The summed E-state index contributed by atoms with van der Waals surface area (Å²) in [6, 6.07) is 19.0. The zero-order valence-corrected chi connectivity index (χ0v) is 24.8. The van der Waals surface area contributed by atoms with Gasteiger partial charge in [-0.05, 0) is 75.6 Å². The number of carbonyl (C=O) groups excluding carboxylic acids is 2. The van der Waals surface area contributed by atoms with Crippen LogP contribution in [0.2, 0.25) is 0 Å². The van der Waals surface area contributed by atoms with Crippen molar-refractivity contribution < 1.29 is 26.7 Å². The smallest absolute Gasteiger partial charge is 0.299 e. The molecular formula is C34H26FeN4O6+2. The minimum atomic E-state index is -0.637. The molecule has 11 heteroatoms. The number of carbonyl (C=O) groups is 2. The van der Waals surface area contributed by atoms with Gasteiger partial charge >= 0.3 is 28.4 Å². The van der Waals surface area contributed by atoms with Crippen molar-refractivity contribution in [2.24, 2.45) is 0 Å². The molecule has 0 spiro atoms. The van der Waals surface area contributed by atoms with Crippen LogP contribution in [-0.2, 0) is 30.2 Å². The third kappa shape index (κ3) is 8.04. The molecule has 45 heavy (non-hydrogen) atoms. The van der Waals surface area contributed by atoms with E-state index in [2.05, 4.69) is 0 Å². The van der Waals surface area contributed by atoms with Gasteiger partial charge in [0.05, 0.1) is 0 Å². The molecule has 0 bridgehead atoms. The maximum atomic E-state index is 12.4. The summed E-state index contributed by atoms with van der Waals surface area (Å²) in [6.45, 7) is 0.627. The molecule has 10 nitrogen and oxygen atoms in total. The monoisotopic (exact) mass is 642 g/mol. The minimum absolute atomic E-state index is 0. The molecule has 0 aliphatic heterocycles. The van der Waals surface area contributed by atoms with Gasteiger partial charge in [0, 0.05) is 60.6 Å². The molecule has 4 aromatic rings. The second-order valence-corrected chi connectivity index (χ2v) is 9.73. The summed E-state index contributed by atoms with van der Waals surface area (Å²) in [5, 5.41) is 0. The molecule has 2 heterocycles. The molecule has 2 aromatic heterocycles. The van der Waals surface area contributed by atoms with Gasteiger partial charge in [-0.1, -0.05) is 36.4 Å². The van der Waals surface area contributed by atoms with E-state index in [1.807, 2.05) is 51.4 Å². The van der Waals surface area contributed by atoms with Crippen molar-refractivity contribution in [3.05, 3.63) is 201 Å². The van der Waals surface area contributed by atoms with E-state index in [4.69, 9.17) is 0 Å². The van der Waals surface area contributed by atoms with E-state index in [1.54, 1.807) is 60.7 Å². The van der Waals surface area contributed by atoms with Crippen molar-refractivity contribution in [1.29, 1.82) is 0 Å². The number of nitrogens with zero attached hydrogens (tertiary/aromatic N) is 4. The molecule has 6 rings (SSSR count). The number of hydrogen-bond donors (Lipinski definition) is 0. The van der Waals surface area contributed by atoms with Gasteiger partial charge in [-0.15, -0.1) is 0 Å². The van der Waals surface area contributed by atoms with Crippen molar-refractivity contribution in [1.82, 2.24) is 18.3 Å². The zero-order valence-electron chi connectivity index (χ0n) is 23.7. The number of benzene rings is 2. The molecular weight excluding hydrogens is 616 g/mol. The van der Waals surface area contributed by atoms with Crippen molar-refractivity contribution >= 4 is 11.8 Å². The van der Waals surface area contributed by atoms with Gasteiger partial charge in [0.15, 0.2) is 0 Å². The Morgan fingerprint density at radius 1 is 0.489 bits per heavy atom. The van der Waals surface area contributed by atoms with Crippen LogP contribution in [0.3, 0.4) is 0 Å². The van der Waals surface area contributed by atoms with E-state index in [1.165, 1.54) is 33.7 Å². The van der Waals surface area contributed by atoms with Gasteiger partial charge in [-0.25, -0.2) is 9.59 Å². The molecule has 2 aliphatic carbocycles. The molecule has 10 radical (unpaired) electrons. The summed E-state index contributed by atoms with van der Waals surface area (Å²) in [7, 11) is 0. The first-order valence-electron chi connectivity index (χ1n) is 13.6. The third-order valence-electron chi connectivity index (χ3n) is 6.73. The van der Waals surface area contributed by atoms with E-state index in [0.29, 0.717) is 33.4 Å². The Hall–Kier alpha value is -4.34. The summed E-state index contributed by atoms with van der Waals surface area (Å²) < 4.78 is 4.02. The topological polar surface area (TPSA) is 122 Å². The summed E-state index contributed by atoms with van der Waals surface area (Å²) >= 11 is 0. The van der Waals surface area contributed by atoms with E-state index < -0.39 is 34.3 Å². The average Bonchev–Trinajstić information content (AvgIpc) is 3.76. The Morgan fingerprint density at radius 3 is 1.16 bits per heavy atom. The van der Waals surface area contributed by atoms with Crippen LogP contribution in [0.4, 0.5) is 0 Å². The van der Waals surface area contributed by atoms with E-state index >= 15 is 0 Å².